The molecular weight excluding hydrogens is 466 g/mol. The third-order valence-electron chi connectivity index (χ3n) is 6.65. The molecule has 194 valence electrons. The van der Waals surface area contributed by atoms with Crippen molar-refractivity contribution < 1.29 is 15.7 Å². The number of esters is 1. The maximum Gasteiger partial charge on any atom is 0.334 e. The molecular formula is C29H35N5O3. The minimum absolute atomic E-state index is 0. The number of benzene rings is 1. The van der Waals surface area contributed by atoms with Gasteiger partial charge in [0.05, 0.1) is 12.3 Å². The summed E-state index contributed by atoms with van der Waals surface area (Å²) in [5.41, 5.74) is 4.05. The van der Waals surface area contributed by atoms with E-state index >= 15 is 0 Å². The number of rotatable bonds is 9. The molecule has 0 spiro atoms. The molecule has 1 atom stereocenters. The number of pyridine rings is 1. The number of nitrogens with one attached hydrogen (secondary N) is 1. The Labute approximate surface area is 218 Å². The van der Waals surface area contributed by atoms with Crippen molar-refractivity contribution in [2.75, 3.05) is 38.2 Å². The molecule has 1 saturated heterocycles. The molecule has 1 aromatic carbocycles. The van der Waals surface area contributed by atoms with Crippen molar-refractivity contribution in [3.05, 3.63) is 78.0 Å². The van der Waals surface area contributed by atoms with Crippen LogP contribution < -0.4 is 10.1 Å². The molecule has 0 saturated carbocycles. The van der Waals surface area contributed by atoms with Crippen molar-refractivity contribution in [3.8, 4) is 5.75 Å². The average molecular weight is 502 g/mol. The Balaban J connectivity index is 0.00000336. The maximum absolute atomic E-state index is 12.3. The number of carbonyl (C=O) groups excluding carboxylic acids is 1. The maximum atomic E-state index is 12.3. The summed E-state index contributed by atoms with van der Waals surface area (Å²) < 4.78 is 12.9. The second-order valence-electron chi connectivity index (χ2n) is 9.28. The number of anilines is 2. The van der Waals surface area contributed by atoms with E-state index in [4.69, 9.17) is 14.6 Å². The SMILES string of the molecule is CCOC(=O)C1=CC=C(c2cccc3nc(Nc4ccc(OCCN5CCCC5)cc4)nn23)C=CC1C.[HH]. The van der Waals surface area contributed by atoms with Crippen molar-refractivity contribution in [1.82, 2.24) is 19.5 Å². The summed E-state index contributed by atoms with van der Waals surface area (Å²) in [5, 5.41) is 7.99. The summed E-state index contributed by atoms with van der Waals surface area (Å²) in [5.74, 6) is 1.02. The van der Waals surface area contributed by atoms with Crippen molar-refractivity contribution in [2.45, 2.75) is 26.7 Å². The molecule has 3 heterocycles. The predicted molar refractivity (Wildman–Crippen MR) is 147 cm³/mol. The Bertz CT molecular complexity index is 1340. The fourth-order valence-electron chi connectivity index (χ4n) is 4.62. The first-order valence-electron chi connectivity index (χ1n) is 13.0. The van der Waals surface area contributed by atoms with E-state index in [1.165, 1.54) is 25.9 Å². The Morgan fingerprint density at radius 3 is 2.73 bits per heavy atom. The van der Waals surface area contributed by atoms with E-state index in [0.717, 1.165) is 34.9 Å². The van der Waals surface area contributed by atoms with Gasteiger partial charge in [-0.1, -0.05) is 37.3 Å². The lowest BCUT2D eigenvalue weighted by Gasteiger charge is -2.15. The monoisotopic (exact) mass is 501 g/mol. The van der Waals surface area contributed by atoms with Gasteiger partial charge in [-0.25, -0.2) is 9.31 Å². The van der Waals surface area contributed by atoms with Gasteiger partial charge < -0.3 is 14.8 Å². The van der Waals surface area contributed by atoms with Gasteiger partial charge in [-0.05, 0) is 74.8 Å². The van der Waals surface area contributed by atoms with Gasteiger partial charge in [0.25, 0.3) is 0 Å². The van der Waals surface area contributed by atoms with Crippen molar-refractivity contribution in [3.63, 3.8) is 0 Å². The molecule has 1 aliphatic carbocycles. The number of carbonyl (C=O) groups is 1. The lowest BCUT2D eigenvalue weighted by atomic mass is 10.0. The average Bonchev–Trinajstić information content (AvgIpc) is 3.52. The van der Waals surface area contributed by atoms with Crippen LogP contribution in [0.5, 0.6) is 5.75 Å². The fourth-order valence-corrected chi connectivity index (χ4v) is 4.62. The van der Waals surface area contributed by atoms with Gasteiger partial charge in [-0.15, -0.1) is 5.10 Å². The molecule has 8 nitrogen and oxygen atoms in total. The zero-order valence-corrected chi connectivity index (χ0v) is 21.4. The standard InChI is InChI=1S/C29H33N5O3.H2/c1-3-36-28(35)25-16-11-22(10-9-21(25)2)26-7-6-8-27-31-29(32-34(26)27)30-23-12-14-24(15-13-23)37-20-19-33-17-4-5-18-33;/h6-16,21H,3-5,17-20H2,1-2H3,(H,30,32);1H. The molecule has 2 aliphatic rings. The topological polar surface area (TPSA) is 81.0 Å². The van der Waals surface area contributed by atoms with Crippen LogP contribution in [0, 0.1) is 5.92 Å². The summed E-state index contributed by atoms with van der Waals surface area (Å²) in [7, 11) is 0. The first kappa shape index (κ1) is 24.8. The highest BCUT2D eigenvalue weighted by molar-refractivity contribution is 5.91. The van der Waals surface area contributed by atoms with Gasteiger partial charge in [0.1, 0.15) is 12.4 Å². The normalized spacial score (nSPS) is 17.8. The summed E-state index contributed by atoms with van der Waals surface area (Å²) in [6.07, 6.45) is 10.4. The highest BCUT2D eigenvalue weighted by Crippen LogP contribution is 2.26. The minimum Gasteiger partial charge on any atom is -0.492 e. The molecule has 0 bridgehead atoms. The van der Waals surface area contributed by atoms with Gasteiger partial charge in [0.15, 0.2) is 5.65 Å². The highest BCUT2D eigenvalue weighted by Gasteiger charge is 2.18. The smallest absolute Gasteiger partial charge is 0.334 e. The summed E-state index contributed by atoms with van der Waals surface area (Å²) >= 11 is 0. The number of hydrogen-bond donors (Lipinski definition) is 1. The minimum atomic E-state index is -0.286. The second kappa shape index (κ2) is 11.4. The molecule has 1 unspecified atom stereocenters. The molecule has 0 radical (unpaired) electrons. The second-order valence-corrected chi connectivity index (χ2v) is 9.28. The fraction of sp³-hybridized carbons (Fsp3) is 0.345. The van der Waals surface area contributed by atoms with E-state index in [1.807, 2.05) is 85.1 Å². The van der Waals surface area contributed by atoms with Crippen molar-refractivity contribution >= 4 is 28.8 Å². The van der Waals surface area contributed by atoms with Crippen molar-refractivity contribution in [1.29, 1.82) is 0 Å². The van der Waals surface area contributed by atoms with Gasteiger partial charge in [-0.3, -0.25) is 4.90 Å². The largest absolute Gasteiger partial charge is 0.492 e. The quantitative estimate of drug-likeness (QED) is 0.400. The van der Waals surface area contributed by atoms with Gasteiger partial charge in [0.2, 0.25) is 5.95 Å². The molecule has 5 rings (SSSR count). The molecule has 3 aromatic rings. The number of fused-ring (bicyclic) bond motifs is 1. The van der Waals surface area contributed by atoms with Crippen LogP contribution in [0.1, 0.15) is 33.8 Å². The first-order chi connectivity index (χ1) is 18.1. The Morgan fingerprint density at radius 1 is 1.14 bits per heavy atom. The van der Waals surface area contributed by atoms with E-state index in [-0.39, 0.29) is 13.3 Å². The predicted octanol–water partition coefficient (Wildman–Crippen LogP) is 5.27. The van der Waals surface area contributed by atoms with Crippen LogP contribution in [-0.2, 0) is 9.53 Å². The molecule has 2 aromatic heterocycles. The zero-order chi connectivity index (χ0) is 25.6. The van der Waals surface area contributed by atoms with Gasteiger partial charge in [0, 0.05) is 25.1 Å². The van der Waals surface area contributed by atoms with Crippen molar-refractivity contribution in [2.24, 2.45) is 5.92 Å². The van der Waals surface area contributed by atoms with E-state index in [0.29, 0.717) is 24.7 Å². The van der Waals surface area contributed by atoms with E-state index in [2.05, 4.69) is 15.2 Å². The lowest BCUT2D eigenvalue weighted by Crippen LogP contribution is -2.25. The summed E-state index contributed by atoms with van der Waals surface area (Å²) in [6, 6.07) is 13.7. The van der Waals surface area contributed by atoms with Crippen LogP contribution in [-0.4, -0.2) is 58.3 Å². The van der Waals surface area contributed by atoms with Crippen LogP contribution in [0.15, 0.2) is 72.3 Å². The zero-order valence-electron chi connectivity index (χ0n) is 21.4. The Morgan fingerprint density at radius 2 is 1.95 bits per heavy atom. The Hall–Kier alpha value is -3.91. The molecule has 8 heteroatoms. The van der Waals surface area contributed by atoms with Crippen LogP contribution in [0.4, 0.5) is 11.6 Å². The molecule has 1 fully saturated rings. The number of allylic oxidation sites excluding steroid dienone is 5. The van der Waals surface area contributed by atoms with Crippen LogP contribution in [0.25, 0.3) is 11.2 Å². The van der Waals surface area contributed by atoms with Gasteiger partial charge in [-0.2, -0.15) is 4.98 Å². The molecule has 1 N–H and O–H groups in total. The van der Waals surface area contributed by atoms with E-state index in [1.54, 1.807) is 0 Å². The number of likely N-dealkylation sites (tertiary alicyclic amines) is 1. The number of nitrogens with zero attached hydrogens (tertiary/aromatic N) is 4. The van der Waals surface area contributed by atoms with E-state index < -0.39 is 0 Å². The molecule has 1 aliphatic heterocycles. The number of hydrogen-bond acceptors (Lipinski definition) is 7. The molecule has 0 amide bonds. The van der Waals surface area contributed by atoms with Crippen LogP contribution in [0.3, 0.4) is 0 Å². The highest BCUT2D eigenvalue weighted by atomic mass is 16.5. The van der Waals surface area contributed by atoms with Crippen LogP contribution in [0.2, 0.25) is 0 Å². The third-order valence-corrected chi connectivity index (χ3v) is 6.65. The number of ether oxygens (including phenoxy) is 2. The van der Waals surface area contributed by atoms with Crippen LogP contribution >= 0.6 is 0 Å². The number of aromatic nitrogens is 3. The van der Waals surface area contributed by atoms with Gasteiger partial charge >= 0.3 is 5.97 Å². The third kappa shape index (κ3) is 5.91. The summed E-state index contributed by atoms with van der Waals surface area (Å²) in [4.78, 5) is 19.4. The summed E-state index contributed by atoms with van der Waals surface area (Å²) in [6.45, 7) is 8.17. The Kier molecular flexibility index (Phi) is 7.65. The van der Waals surface area contributed by atoms with E-state index in [9.17, 15) is 4.79 Å². The first-order valence-corrected chi connectivity index (χ1v) is 13.0. The molecule has 37 heavy (non-hydrogen) atoms. The lowest BCUT2D eigenvalue weighted by molar-refractivity contribution is -0.138.